The van der Waals surface area contributed by atoms with Gasteiger partial charge in [-0.3, -0.25) is 9.59 Å². The van der Waals surface area contributed by atoms with Gasteiger partial charge in [0.05, 0.1) is 18.2 Å². The molecule has 164 valence electrons. The Morgan fingerprint density at radius 3 is 2.23 bits per heavy atom. The van der Waals surface area contributed by atoms with E-state index in [1.165, 1.54) is 5.56 Å². The second kappa shape index (κ2) is 9.82. The zero-order valence-electron chi connectivity index (χ0n) is 18.7. The van der Waals surface area contributed by atoms with E-state index in [1.54, 1.807) is 29.2 Å². The van der Waals surface area contributed by atoms with Gasteiger partial charge < -0.3 is 14.7 Å². The molecule has 1 amide bonds. The predicted octanol–water partition coefficient (Wildman–Crippen LogP) is 5.12. The fraction of sp³-hybridized carbons (Fsp3) is 0.385. The Balaban J connectivity index is 2.02. The number of likely N-dealkylation sites (tertiary alicyclic amines) is 1. The van der Waals surface area contributed by atoms with Crippen molar-refractivity contribution in [2.45, 2.75) is 46.6 Å². The number of hydrogen-bond donors (Lipinski definition) is 1. The molecule has 1 atom stereocenters. The maximum Gasteiger partial charge on any atom is 0.295 e. The molecule has 1 heterocycles. The van der Waals surface area contributed by atoms with Crippen LogP contribution >= 0.6 is 0 Å². The smallest absolute Gasteiger partial charge is 0.295 e. The Morgan fingerprint density at radius 1 is 1.03 bits per heavy atom. The summed E-state index contributed by atoms with van der Waals surface area (Å²) in [4.78, 5) is 27.2. The molecule has 1 unspecified atom stereocenters. The highest BCUT2D eigenvalue weighted by Crippen LogP contribution is 2.39. The number of hydrogen-bond acceptors (Lipinski definition) is 4. The van der Waals surface area contributed by atoms with Gasteiger partial charge in [0, 0.05) is 12.1 Å². The highest BCUT2D eigenvalue weighted by atomic mass is 16.5. The Kier molecular flexibility index (Phi) is 7.16. The maximum atomic E-state index is 12.9. The number of carbonyl (C=O) groups is 2. The molecule has 1 fully saturated rings. The lowest BCUT2D eigenvalue weighted by atomic mass is 9.94. The van der Waals surface area contributed by atoms with Crippen LogP contribution in [0.25, 0.3) is 5.76 Å². The van der Waals surface area contributed by atoms with Crippen LogP contribution in [0.3, 0.4) is 0 Å². The van der Waals surface area contributed by atoms with Gasteiger partial charge >= 0.3 is 0 Å². The minimum atomic E-state index is -0.643. The molecule has 2 aromatic carbocycles. The molecule has 5 nitrogen and oxygen atoms in total. The maximum absolute atomic E-state index is 12.9. The van der Waals surface area contributed by atoms with Crippen molar-refractivity contribution in [3.05, 3.63) is 70.8 Å². The number of ketones is 1. The average Bonchev–Trinajstić information content (AvgIpc) is 3.03. The summed E-state index contributed by atoms with van der Waals surface area (Å²) in [6.45, 7) is 9.23. The fourth-order valence-corrected chi connectivity index (χ4v) is 3.76. The van der Waals surface area contributed by atoms with Gasteiger partial charge in [0.1, 0.15) is 11.5 Å². The van der Waals surface area contributed by atoms with E-state index in [-0.39, 0.29) is 11.3 Å². The van der Waals surface area contributed by atoms with Crippen molar-refractivity contribution in [1.82, 2.24) is 4.90 Å². The molecular weight excluding hydrogens is 390 g/mol. The number of aryl methyl sites for hydroxylation is 1. The minimum absolute atomic E-state index is 0.138. The van der Waals surface area contributed by atoms with Crippen LogP contribution in [-0.4, -0.2) is 34.8 Å². The van der Waals surface area contributed by atoms with Crippen molar-refractivity contribution < 1.29 is 19.4 Å². The number of benzene rings is 2. The first-order valence-electron chi connectivity index (χ1n) is 11.0. The standard InChI is InChI=1S/C26H31NO4/c1-5-15-27-23(19-9-7-18(6-2)8-10-19)22(25(29)26(27)30)24(28)20-11-13-21(14-12-20)31-16-17(3)4/h7-14,17,23,28H,5-6,15-16H2,1-4H3/b24-22-. The zero-order valence-corrected chi connectivity index (χ0v) is 18.7. The molecule has 0 radical (unpaired) electrons. The molecule has 1 aliphatic heterocycles. The van der Waals surface area contributed by atoms with Crippen molar-refractivity contribution >= 4 is 17.4 Å². The largest absolute Gasteiger partial charge is 0.507 e. The van der Waals surface area contributed by atoms with Crippen LogP contribution < -0.4 is 4.74 Å². The van der Waals surface area contributed by atoms with Crippen LogP contribution in [0.4, 0.5) is 0 Å². The van der Waals surface area contributed by atoms with Crippen molar-refractivity contribution in [2.24, 2.45) is 5.92 Å². The zero-order chi connectivity index (χ0) is 22.5. The Labute approximate surface area is 184 Å². The normalized spacial score (nSPS) is 18.1. The first kappa shape index (κ1) is 22.6. The van der Waals surface area contributed by atoms with E-state index in [9.17, 15) is 14.7 Å². The van der Waals surface area contributed by atoms with Crippen LogP contribution in [-0.2, 0) is 16.0 Å². The van der Waals surface area contributed by atoms with Crippen LogP contribution in [0.15, 0.2) is 54.1 Å². The molecule has 1 saturated heterocycles. The predicted molar refractivity (Wildman–Crippen MR) is 122 cm³/mol. The van der Waals surface area contributed by atoms with Crippen LogP contribution in [0, 0.1) is 5.92 Å². The Morgan fingerprint density at radius 2 is 1.68 bits per heavy atom. The van der Waals surface area contributed by atoms with Gasteiger partial charge in [0.25, 0.3) is 11.7 Å². The van der Waals surface area contributed by atoms with E-state index in [0.29, 0.717) is 30.4 Å². The van der Waals surface area contributed by atoms with Crippen molar-refractivity contribution in [3.63, 3.8) is 0 Å². The first-order chi connectivity index (χ1) is 14.9. The first-order valence-corrected chi connectivity index (χ1v) is 11.0. The number of ether oxygens (including phenoxy) is 1. The van der Waals surface area contributed by atoms with Gasteiger partial charge in [0.15, 0.2) is 0 Å². The van der Waals surface area contributed by atoms with E-state index < -0.39 is 17.7 Å². The van der Waals surface area contributed by atoms with E-state index in [2.05, 4.69) is 20.8 Å². The van der Waals surface area contributed by atoms with Gasteiger partial charge in [-0.2, -0.15) is 0 Å². The molecule has 31 heavy (non-hydrogen) atoms. The van der Waals surface area contributed by atoms with Crippen LogP contribution in [0.5, 0.6) is 5.75 Å². The molecule has 0 spiro atoms. The second-order valence-electron chi connectivity index (χ2n) is 8.32. The number of aliphatic hydroxyl groups is 1. The van der Waals surface area contributed by atoms with Gasteiger partial charge in [0.2, 0.25) is 0 Å². The number of aliphatic hydroxyl groups excluding tert-OH is 1. The third kappa shape index (κ3) is 4.82. The van der Waals surface area contributed by atoms with Gasteiger partial charge in [-0.15, -0.1) is 0 Å². The van der Waals surface area contributed by atoms with E-state index >= 15 is 0 Å². The van der Waals surface area contributed by atoms with Crippen LogP contribution in [0.2, 0.25) is 0 Å². The summed E-state index contributed by atoms with van der Waals surface area (Å²) in [6.07, 6.45) is 1.62. The minimum Gasteiger partial charge on any atom is -0.507 e. The second-order valence-corrected chi connectivity index (χ2v) is 8.32. The lowest BCUT2D eigenvalue weighted by Crippen LogP contribution is -2.30. The molecule has 0 saturated carbocycles. The third-order valence-electron chi connectivity index (χ3n) is 5.42. The highest BCUT2D eigenvalue weighted by molar-refractivity contribution is 6.46. The number of Topliss-reactive ketones (excluding diaryl/α,β-unsaturated/α-hetero) is 1. The number of rotatable bonds is 8. The molecule has 2 aromatic rings. The van der Waals surface area contributed by atoms with Gasteiger partial charge in [-0.25, -0.2) is 0 Å². The van der Waals surface area contributed by atoms with Gasteiger partial charge in [-0.1, -0.05) is 52.0 Å². The lowest BCUT2D eigenvalue weighted by Gasteiger charge is -2.25. The lowest BCUT2D eigenvalue weighted by molar-refractivity contribution is -0.139. The Hall–Kier alpha value is -3.08. The molecule has 5 heteroatoms. The van der Waals surface area contributed by atoms with E-state index in [0.717, 1.165) is 18.4 Å². The number of amides is 1. The summed E-state index contributed by atoms with van der Waals surface area (Å²) in [5, 5.41) is 11.1. The SMILES string of the molecule is CCCN1C(=O)C(=O)/C(=C(\O)c2ccc(OCC(C)C)cc2)C1c1ccc(CC)cc1. The topological polar surface area (TPSA) is 66.8 Å². The van der Waals surface area contributed by atoms with Crippen molar-refractivity contribution in [2.75, 3.05) is 13.2 Å². The fourth-order valence-electron chi connectivity index (χ4n) is 3.76. The number of carbonyl (C=O) groups excluding carboxylic acids is 2. The number of nitrogens with zero attached hydrogens (tertiary/aromatic N) is 1. The molecule has 0 bridgehead atoms. The molecule has 0 aromatic heterocycles. The molecule has 1 N–H and O–H groups in total. The highest BCUT2D eigenvalue weighted by Gasteiger charge is 2.45. The molecule has 3 rings (SSSR count). The average molecular weight is 422 g/mol. The van der Waals surface area contributed by atoms with Crippen molar-refractivity contribution in [1.29, 1.82) is 0 Å². The van der Waals surface area contributed by atoms with E-state index in [1.807, 2.05) is 31.2 Å². The summed E-state index contributed by atoms with van der Waals surface area (Å²) in [5.74, 6) is -0.262. The molecular formula is C26H31NO4. The van der Waals surface area contributed by atoms with E-state index in [4.69, 9.17) is 4.74 Å². The van der Waals surface area contributed by atoms with Crippen LogP contribution in [0.1, 0.15) is 56.8 Å². The third-order valence-corrected chi connectivity index (χ3v) is 5.42. The summed E-state index contributed by atoms with van der Waals surface area (Å²) >= 11 is 0. The monoisotopic (exact) mass is 421 g/mol. The molecule has 1 aliphatic rings. The summed E-state index contributed by atoms with van der Waals surface area (Å²) in [5.41, 5.74) is 2.62. The summed E-state index contributed by atoms with van der Waals surface area (Å²) in [7, 11) is 0. The Bertz CT molecular complexity index is 958. The van der Waals surface area contributed by atoms with Crippen molar-refractivity contribution in [3.8, 4) is 5.75 Å². The molecule has 0 aliphatic carbocycles. The quantitative estimate of drug-likeness (QED) is 0.365. The summed E-state index contributed by atoms with van der Waals surface area (Å²) in [6, 6.07) is 14.3. The van der Waals surface area contributed by atoms with Gasteiger partial charge in [-0.05, 0) is 54.2 Å². The summed E-state index contributed by atoms with van der Waals surface area (Å²) < 4.78 is 5.70.